The van der Waals surface area contributed by atoms with Crippen LogP contribution in [0, 0.1) is 0 Å². The van der Waals surface area contributed by atoms with Crippen molar-refractivity contribution in [3.8, 4) is 0 Å². The van der Waals surface area contributed by atoms with Crippen molar-refractivity contribution in [2.45, 2.75) is 0 Å². The summed E-state index contributed by atoms with van der Waals surface area (Å²) in [6.07, 6.45) is 0. The molecule has 5 nitrogen and oxygen atoms in total. The second-order valence-electron chi connectivity index (χ2n) is 0.408. The molecule has 0 fully saturated rings. The molecule has 0 aliphatic heterocycles. The van der Waals surface area contributed by atoms with E-state index in [1.54, 1.807) is 0 Å². The van der Waals surface area contributed by atoms with Gasteiger partial charge in [-0.25, -0.2) is 0 Å². The van der Waals surface area contributed by atoms with E-state index in [4.69, 9.17) is 16.0 Å². The van der Waals surface area contributed by atoms with Gasteiger partial charge in [0.25, 0.3) is 0 Å². The van der Waals surface area contributed by atoms with Crippen LogP contribution in [0.4, 0.5) is 0 Å². The van der Waals surface area contributed by atoms with Crippen LogP contribution >= 0.6 is 0 Å². The van der Waals surface area contributed by atoms with Crippen molar-refractivity contribution >= 4 is 13.4 Å². The van der Waals surface area contributed by atoms with Crippen molar-refractivity contribution in [1.82, 2.24) is 0 Å². The maximum Gasteiger partial charge on any atom is 1.00 e. The summed E-state index contributed by atoms with van der Waals surface area (Å²) in [6, 6.07) is 0. The maximum atomic E-state index is 8.59. The van der Waals surface area contributed by atoms with Crippen molar-refractivity contribution < 1.29 is 80.6 Å². The minimum Gasteiger partial charge on any atom is 1.00 e. The smallest absolute Gasteiger partial charge is 1.00 e. The summed E-state index contributed by atoms with van der Waals surface area (Å²) < 4.78 is 34.4. The van der Waals surface area contributed by atoms with Gasteiger partial charge in [-0.15, -0.1) is 0 Å². The van der Waals surface area contributed by atoms with Crippen LogP contribution in [0.15, 0.2) is 0 Å². The Morgan fingerprint density at radius 2 is 1.00 bits per heavy atom. The summed E-state index contributed by atoms with van der Waals surface area (Å²) in [5.74, 6) is 0. The van der Waals surface area contributed by atoms with Crippen LogP contribution < -0.4 is 67.5 Å². The maximum absolute atomic E-state index is 8.59. The molecule has 0 saturated heterocycles. The largest absolute Gasteiger partial charge is 1.00 e. The van der Waals surface area contributed by atoms with Crippen LogP contribution in [0.2, 0.25) is 0 Å². The zero-order valence-corrected chi connectivity index (χ0v) is 10.3. The Hall–Kier alpha value is 2.00. The van der Waals surface area contributed by atoms with E-state index in [1.807, 2.05) is 0 Å². The fraction of sp³-hybridized carbons (Fsp3) is 0. The van der Waals surface area contributed by atoms with Crippen molar-refractivity contribution in [3.05, 3.63) is 0 Å². The predicted molar refractivity (Wildman–Crippen MR) is 10.7 cm³/mol. The quantitative estimate of drug-likeness (QED) is 0.367. The standard InChI is InChI=1S/2Na.H2O4Se.H2O/c;;1-5(2,3)4;/h;;(H2,1,2,3,4);1H2/q2*+1;;/p-2. The summed E-state index contributed by atoms with van der Waals surface area (Å²) in [4.78, 5) is 0. The molecule has 0 spiro atoms. The van der Waals surface area contributed by atoms with Gasteiger partial charge >= 0.3 is 88.5 Å². The third-order valence-corrected chi connectivity index (χ3v) is 0. The molecule has 0 bridgehead atoms. The summed E-state index contributed by atoms with van der Waals surface area (Å²) >= 11 is -5.75. The first-order chi connectivity index (χ1) is 2.00. The first-order valence-electron chi connectivity index (χ1n) is 0.667. The monoisotopic (exact) mass is 208 g/mol. The molecule has 8 heteroatoms. The molecule has 0 aliphatic rings. The molecule has 0 saturated carbocycles. The van der Waals surface area contributed by atoms with Crippen LogP contribution in [0.1, 0.15) is 0 Å². The van der Waals surface area contributed by atoms with Gasteiger partial charge in [-0.3, -0.25) is 0 Å². The number of hydrogen-bond donors (Lipinski definition) is 0. The van der Waals surface area contributed by atoms with Gasteiger partial charge in [0.15, 0.2) is 0 Å². The number of hydrogen-bond acceptors (Lipinski definition) is 4. The fourth-order valence-corrected chi connectivity index (χ4v) is 0. The van der Waals surface area contributed by atoms with E-state index < -0.39 is 13.4 Å². The predicted octanol–water partition coefficient (Wildman–Crippen LogP) is -9.81. The normalized spacial score (nSPS) is 7.25. The molecule has 0 heterocycles. The molecule has 0 rings (SSSR count). The molecule has 0 atom stereocenters. The Morgan fingerprint density at radius 3 is 1.00 bits per heavy atom. The van der Waals surface area contributed by atoms with Crippen molar-refractivity contribution in [2.24, 2.45) is 0 Å². The molecule has 2 N–H and O–H groups in total. The van der Waals surface area contributed by atoms with Gasteiger partial charge in [-0.1, -0.05) is 0 Å². The Labute approximate surface area is 92.6 Å². The molecule has 40 valence electrons. The molecular weight excluding hydrogens is 205 g/mol. The van der Waals surface area contributed by atoms with Gasteiger partial charge in [-0.2, -0.15) is 0 Å². The molecule has 0 unspecified atom stereocenters. The van der Waals surface area contributed by atoms with Gasteiger partial charge in [-0.05, 0) is 0 Å². The van der Waals surface area contributed by atoms with E-state index in [-0.39, 0.29) is 64.6 Å². The third-order valence-electron chi connectivity index (χ3n) is 0. The second-order valence-corrected chi connectivity index (χ2v) is 2.12. The summed E-state index contributed by atoms with van der Waals surface area (Å²) in [5, 5.41) is 0. The third kappa shape index (κ3) is 98.0. The van der Waals surface area contributed by atoms with E-state index in [1.165, 1.54) is 0 Å². The van der Waals surface area contributed by atoms with Crippen molar-refractivity contribution in [2.75, 3.05) is 0 Å². The van der Waals surface area contributed by atoms with Gasteiger partial charge in [0.1, 0.15) is 0 Å². The van der Waals surface area contributed by atoms with Crippen molar-refractivity contribution in [1.29, 1.82) is 0 Å². The first kappa shape index (κ1) is 22.5. The molecule has 0 radical (unpaired) electrons. The summed E-state index contributed by atoms with van der Waals surface area (Å²) in [6.45, 7) is 0. The Bertz CT molecular complexity index is 93.6. The van der Waals surface area contributed by atoms with E-state index in [2.05, 4.69) is 0 Å². The summed E-state index contributed by atoms with van der Waals surface area (Å²) in [5.41, 5.74) is 0. The topological polar surface area (TPSA) is 112 Å². The molecule has 0 amide bonds. The van der Waals surface area contributed by atoms with E-state index >= 15 is 0 Å². The Kier molecular flexibility index (Phi) is 25.3. The van der Waals surface area contributed by atoms with Crippen LogP contribution in [-0.4, -0.2) is 18.8 Å². The van der Waals surface area contributed by atoms with Crippen LogP contribution in [0.3, 0.4) is 0 Å². The van der Waals surface area contributed by atoms with Crippen LogP contribution in [-0.2, 0) is 7.67 Å². The van der Waals surface area contributed by atoms with E-state index in [9.17, 15) is 0 Å². The molecule has 0 aliphatic carbocycles. The Morgan fingerprint density at radius 1 is 1.00 bits per heavy atom. The first-order valence-corrected chi connectivity index (χ1v) is 3.46. The zero-order chi connectivity index (χ0) is 4.50. The number of rotatable bonds is 0. The SMILES string of the molecule is O.O=[Se](=O)([O-])[O-].[Na+].[Na+]. The van der Waals surface area contributed by atoms with Gasteiger partial charge in [0.05, 0.1) is 0 Å². The average Bonchev–Trinajstić information content (AvgIpc) is 0.722. The van der Waals surface area contributed by atoms with Gasteiger partial charge < -0.3 is 5.48 Å². The molecule has 0 aromatic carbocycles. The minimum atomic E-state index is -5.75. The van der Waals surface area contributed by atoms with Crippen molar-refractivity contribution in [3.63, 3.8) is 0 Å². The van der Waals surface area contributed by atoms with Crippen LogP contribution in [0.5, 0.6) is 0 Å². The minimum absolute atomic E-state index is 0. The van der Waals surface area contributed by atoms with Gasteiger partial charge in [0.2, 0.25) is 0 Å². The second kappa shape index (κ2) is 9.00. The van der Waals surface area contributed by atoms with E-state index in [0.29, 0.717) is 0 Å². The van der Waals surface area contributed by atoms with Gasteiger partial charge in [0, 0.05) is 0 Å². The molecule has 0 aromatic rings. The van der Waals surface area contributed by atoms with Crippen LogP contribution in [0.25, 0.3) is 0 Å². The Balaban J connectivity index is -0.0000000267. The summed E-state index contributed by atoms with van der Waals surface area (Å²) in [7, 11) is 0. The molecule has 8 heavy (non-hydrogen) atoms. The average molecular weight is 207 g/mol. The van der Waals surface area contributed by atoms with E-state index in [0.717, 1.165) is 0 Å². The zero-order valence-electron chi connectivity index (χ0n) is 4.54. The molecule has 0 aromatic heterocycles. The fourth-order valence-electron chi connectivity index (χ4n) is 0. The molecular formula is H2Na2O5Se.